The third kappa shape index (κ3) is 1.80. The number of nitrogens with one attached hydrogen (secondary N) is 1. The van der Waals surface area contributed by atoms with Crippen LogP contribution in [0.2, 0.25) is 0 Å². The fourth-order valence-electron chi connectivity index (χ4n) is 1.43. The van der Waals surface area contributed by atoms with Crippen molar-refractivity contribution in [1.29, 1.82) is 0 Å². The van der Waals surface area contributed by atoms with Crippen LogP contribution in [0.3, 0.4) is 0 Å². The highest BCUT2D eigenvalue weighted by Crippen LogP contribution is 2.23. The van der Waals surface area contributed by atoms with Crippen molar-refractivity contribution >= 4 is 11.4 Å². The van der Waals surface area contributed by atoms with Crippen LogP contribution in [0.25, 0.3) is 0 Å². The molecule has 0 radical (unpaired) electrons. The summed E-state index contributed by atoms with van der Waals surface area (Å²) < 4.78 is 5.11. The predicted molar refractivity (Wildman–Crippen MR) is 56.8 cm³/mol. The molecule has 0 unspecified atom stereocenters. The van der Waals surface area contributed by atoms with E-state index in [-0.39, 0.29) is 0 Å². The van der Waals surface area contributed by atoms with Gasteiger partial charge in [0.05, 0.1) is 36.8 Å². The number of hydrogen-bond acceptors (Lipinski definition) is 4. The van der Waals surface area contributed by atoms with Gasteiger partial charge in [0.25, 0.3) is 0 Å². The summed E-state index contributed by atoms with van der Waals surface area (Å²) in [4.78, 5) is 6.18. The molecule has 0 amide bonds. The molecule has 1 fully saturated rings. The van der Waals surface area contributed by atoms with E-state index in [2.05, 4.69) is 15.2 Å². The van der Waals surface area contributed by atoms with E-state index in [1.165, 1.54) is 0 Å². The average molecular weight is 193 g/mol. The molecule has 1 aliphatic heterocycles. The van der Waals surface area contributed by atoms with Crippen LogP contribution in [-0.2, 0) is 4.74 Å². The van der Waals surface area contributed by atoms with E-state index >= 15 is 0 Å². The Labute approximate surface area is 83.9 Å². The molecule has 14 heavy (non-hydrogen) atoms. The average Bonchev–Trinajstić information content (AvgIpc) is 2.12. The van der Waals surface area contributed by atoms with Gasteiger partial charge in [0, 0.05) is 20.3 Å². The first-order valence-electron chi connectivity index (χ1n) is 4.73. The SMILES string of the molecule is CN(C)c1ccncc1NC1COC1. The first-order chi connectivity index (χ1) is 6.77. The molecule has 2 heterocycles. The Morgan fingerprint density at radius 2 is 2.29 bits per heavy atom. The zero-order valence-corrected chi connectivity index (χ0v) is 8.53. The lowest BCUT2D eigenvalue weighted by Crippen LogP contribution is -2.40. The maximum absolute atomic E-state index is 5.11. The van der Waals surface area contributed by atoms with Crippen LogP contribution < -0.4 is 10.2 Å². The lowest BCUT2D eigenvalue weighted by atomic mass is 10.2. The standard InChI is InChI=1S/C10H15N3O/c1-13(2)10-3-4-11-5-9(10)12-8-6-14-7-8/h3-5,8,12H,6-7H2,1-2H3. The summed E-state index contributed by atoms with van der Waals surface area (Å²) >= 11 is 0. The number of anilines is 2. The second kappa shape index (κ2) is 3.84. The number of rotatable bonds is 3. The molecule has 1 saturated heterocycles. The van der Waals surface area contributed by atoms with E-state index in [1.807, 2.05) is 26.4 Å². The molecule has 0 spiro atoms. The van der Waals surface area contributed by atoms with Crippen molar-refractivity contribution < 1.29 is 4.74 Å². The minimum absolute atomic E-state index is 0.442. The highest BCUT2D eigenvalue weighted by atomic mass is 16.5. The quantitative estimate of drug-likeness (QED) is 0.775. The van der Waals surface area contributed by atoms with Gasteiger partial charge in [-0.3, -0.25) is 4.98 Å². The van der Waals surface area contributed by atoms with Gasteiger partial charge >= 0.3 is 0 Å². The van der Waals surface area contributed by atoms with Crippen molar-refractivity contribution in [3.8, 4) is 0 Å². The summed E-state index contributed by atoms with van der Waals surface area (Å²) in [6.07, 6.45) is 3.66. The fraction of sp³-hybridized carbons (Fsp3) is 0.500. The fourth-order valence-corrected chi connectivity index (χ4v) is 1.43. The monoisotopic (exact) mass is 193 g/mol. The summed E-state index contributed by atoms with van der Waals surface area (Å²) in [5.74, 6) is 0. The van der Waals surface area contributed by atoms with Crippen molar-refractivity contribution in [3.05, 3.63) is 18.5 Å². The number of aromatic nitrogens is 1. The van der Waals surface area contributed by atoms with Gasteiger partial charge in [0.2, 0.25) is 0 Å². The topological polar surface area (TPSA) is 37.4 Å². The Hall–Kier alpha value is -1.29. The molecule has 1 aliphatic rings. The van der Waals surface area contributed by atoms with Crippen molar-refractivity contribution in [2.45, 2.75) is 6.04 Å². The Bertz CT molecular complexity index is 310. The molecule has 1 N–H and O–H groups in total. The normalized spacial score (nSPS) is 16.1. The molecular formula is C10H15N3O. The Balaban J connectivity index is 2.13. The van der Waals surface area contributed by atoms with Crippen LogP contribution >= 0.6 is 0 Å². The van der Waals surface area contributed by atoms with Crippen molar-refractivity contribution in [2.24, 2.45) is 0 Å². The van der Waals surface area contributed by atoms with Gasteiger partial charge in [-0.2, -0.15) is 0 Å². The molecule has 0 aromatic carbocycles. The molecule has 76 valence electrons. The summed E-state index contributed by atoms with van der Waals surface area (Å²) in [5, 5.41) is 3.40. The molecule has 0 bridgehead atoms. The smallest absolute Gasteiger partial charge is 0.0768 e. The van der Waals surface area contributed by atoms with Crippen molar-refractivity contribution in [2.75, 3.05) is 37.5 Å². The van der Waals surface area contributed by atoms with E-state index in [0.29, 0.717) is 6.04 Å². The molecule has 1 aromatic rings. The van der Waals surface area contributed by atoms with Crippen molar-refractivity contribution in [3.63, 3.8) is 0 Å². The molecule has 0 saturated carbocycles. The molecule has 0 aliphatic carbocycles. The summed E-state index contributed by atoms with van der Waals surface area (Å²) in [6.45, 7) is 1.59. The lowest BCUT2D eigenvalue weighted by molar-refractivity contribution is 0.0211. The number of pyridine rings is 1. The minimum Gasteiger partial charge on any atom is -0.377 e. The van der Waals surface area contributed by atoms with Gasteiger partial charge in [-0.05, 0) is 6.07 Å². The molecular weight excluding hydrogens is 178 g/mol. The molecule has 0 atom stereocenters. The van der Waals surface area contributed by atoms with E-state index < -0.39 is 0 Å². The molecule has 4 heteroatoms. The van der Waals surface area contributed by atoms with Crippen LogP contribution in [-0.4, -0.2) is 38.3 Å². The molecule has 4 nitrogen and oxygen atoms in total. The maximum Gasteiger partial charge on any atom is 0.0768 e. The lowest BCUT2D eigenvalue weighted by Gasteiger charge is -2.29. The third-order valence-electron chi connectivity index (χ3n) is 2.28. The Kier molecular flexibility index (Phi) is 2.54. The molecule has 1 aromatic heterocycles. The zero-order chi connectivity index (χ0) is 9.97. The molecule has 2 rings (SSSR count). The number of nitrogens with zero attached hydrogens (tertiary/aromatic N) is 2. The van der Waals surface area contributed by atoms with Crippen LogP contribution in [0.15, 0.2) is 18.5 Å². The number of hydrogen-bond donors (Lipinski definition) is 1. The Morgan fingerprint density at radius 3 is 2.86 bits per heavy atom. The predicted octanol–water partition coefficient (Wildman–Crippen LogP) is 0.958. The van der Waals surface area contributed by atoms with Gasteiger partial charge in [0.1, 0.15) is 0 Å². The minimum atomic E-state index is 0.442. The maximum atomic E-state index is 5.11. The third-order valence-corrected chi connectivity index (χ3v) is 2.28. The largest absolute Gasteiger partial charge is 0.377 e. The van der Waals surface area contributed by atoms with E-state index in [9.17, 15) is 0 Å². The van der Waals surface area contributed by atoms with Gasteiger partial charge in [-0.15, -0.1) is 0 Å². The van der Waals surface area contributed by atoms with Gasteiger partial charge in [0.15, 0.2) is 0 Å². The van der Waals surface area contributed by atoms with E-state index in [1.54, 1.807) is 6.20 Å². The highest BCUT2D eigenvalue weighted by Gasteiger charge is 2.19. The van der Waals surface area contributed by atoms with Gasteiger partial charge < -0.3 is 15.0 Å². The van der Waals surface area contributed by atoms with E-state index in [0.717, 1.165) is 24.6 Å². The van der Waals surface area contributed by atoms with Crippen LogP contribution in [0.4, 0.5) is 11.4 Å². The van der Waals surface area contributed by atoms with Crippen LogP contribution in [0.5, 0.6) is 0 Å². The summed E-state index contributed by atoms with van der Waals surface area (Å²) in [7, 11) is 4.05. The van der Waals surface area contributed by atoms with Crippen LogP contribution in [0, 0.1) is 0 Å². The Morgan fingerprint density at radius 1 is 1.50 bits per heavy atom. The van der Waals surface area contributed by atoms with Crippen molar-refractivity contribution in [1.82, 2.24) is 4.98 Å². The summed E-state index contributed by atoms with van der Waals surface area (Å²) in [6, 6.07) is 2.44. The first-order valence-corrected chi connectivity index (χ1v) is 4.73. The first kappa shape index (κ1) is 9.27. The van der Waals surface area contributed by atoms with E-state index in [4.69, 9.17) is 4.74 Å². The highest BCUT2D eigenvalue weighted by molar-refractivity contribution is 5.68. The second-order valence-electron chi connectivity index (χ2n) is 3.67. The second-order valence-corrected chi connectivity index (χ2v) is 3.67. The summed E-state index contributed by atoms with van der Waals surface area (Å²) in [5.41, 5.74) is 2.23. The van der Waals surface area contributed by atoms with Gasteiger partial charge in [-0.1, -0.05) is 0 Å². The number of ether oxygens (including phenoxy) is 1. The van der Waals surface area contributed by atoms with Gasteiger partial charge in [-0.25, -0.2) is 0 Å². The zero-order valence-electron chi connectivity index (χ0n) is 8.53. The van der Waals surface area contributed by atoms with Crippen LogP contribution in [0.1, 0.15) is 0 Å².